The number of rotatable bonds is 6. The van der Waals surface area contributed by atoms with Gasteiger partial charge in [0.1, 0.15) is 0 Å². The third-order valence-electron chi connectivity index (χ3n) is 2.63. The number of hydrogen-bond donors (Lipinski definition) is 1. The highest BCUT2D eigenvalue weighted by Crippen LogP contribution is 2.20. The van der Waals surface area contributed by atoms with Crippen LogP contribution in [-0.2, 0) is 11.3 Å². The highest BCUT2D eigenvalue weighted by molar-refractivity contribution is 9.10. The van der Waals surface area contributed by atoms with Crippen molar-refractivity contribution in [3.63, 3.8) is 0 Å². The van der Waals surface area contributed by atoms with Crippen molar-refractivity contribution in [3.05, 3.63) is 47.0 Å². The molecule has 96 valence electrons. The van der Waals surface area contributed by atoms with Crippen LogP contribution in [0.3, 0.4) is 0 Å². The summed E-state index contributed by atoms with van der Waals surface area (Å²) in [5.74, 6) is 0. The van der Waals surface area contributed by atoms with Crippen molar-refractivity contribution in [2.75, 3.05) is 20.3 Å². The van der Waals surface area contributed by atoms with Gasteiger partial charge in [-0.1, -0.05) is 22.0 Å². The zero-order valence-electron chi connectivity index (χ0n) is 10.3. The molecule has 0 unspecified atom stereocenters. The van der Waals surface area contributed by atoms with Crippen molar-refractivity contribution in [2.24, 2.45) is 0 Å². The Bertz CT molecular complexity index is 485. The second-order valence-corrected chi connectivity index (χ2v) is 4.83. The molecule has 1 N–H and O–H groups in total. The number of nitrogens with zero attached hydrogens (tertiary/aromatic N) is 2. The monoisotopic (exact) mass is 309 g/mol. The van der Waals surface area contributed by atoms with Crippen molar-refractivity contribution in [1.82, 2.24) is 14.9 Å². The minimum absolute atomic E-state index is 0.719. The maximum atomic E-state index is 5.02. The Labute approximate surface area is 115 Å². The minimum Gasteiger partial charge on any atom is -0.383 e. The summed E-state index contributed by atoms with van der Waals surface area (Å²) in [6.07, 6.45) is 5.53. The highest BCUT2D eigenvalue weighted by Gasteiger charge is 2.04. The molecule has 0 fully saturated rings. The molecule has 0 bridgehead atoms. The van der Waals surface area contributed by atoms with Crippen molar-refractivity contribution < 1.29 is 4.74 Å². The summed E-state index contributed by atoms with van der Waals surface area (Å²) in [6.45, 7) is 2.37. The summed E-state index contributed by atoms with van der Waals surface area (Å²) in [5.41, 5.74) is 2.36. The van der Waals surface area contributed by atoms with Crippen LogP contribution >= 0.6 is 15.9 Å². The van der Waals surface area contributed by atoms with E-state index in [-0.39, 0.29) is 0 Å². The summed E-state index contributed by atoms with van der Waals surface area (Å²) in [4.78, 5) is 4.09. The molecule has 1 aromatic carbocycles. The number of aromatic nitrogens is 2. The van der Waals surface area contributed by atoms with E-state index < -0.39 is 0 Å². The number of benzene rings is 1. The van der Waals surface area contributed by atoms with E-state index >= 15 is 0 Å². The predicted molar refractivity (Wildman–Crippen MR) is 74.8 cm³/mol. The van der Waals surface area contributed by atoms with Gasteiger partial charge in [-0.15, -0.1) is 0 Å². The number of imidazole rings is 1. The Kier molecular flexibility index (Phi) is 4.92. The lowest BCUT2D eigenvalue weighted by Gasteiger charge is -2.11. The first kappa shape index (κ1) is 13.3. The fraction of sp³-hybridized carbons (Fsp3) is 0.308. The van der Waals surface area contributed by atoms with E-state index in [2.05, 4.69) is 38.4 Å². The molecule has 0 radical (unpaired) electrons. The molecule has 0 aliphatic rings. The molecule has 2 rings (SSSR count). The lowest BCUT2D eigenvalue weighted by Crippen LogP contribution is -2.19. The molecule has 0 atom stereocenters. The highest BCUT2D eigenvalue weighted by atomic mass is 79.9. The molecular formula is C13H16BrN3O. The number of nitrogens with one attached hydrogen (secondary N) is 1. The lowest BCUT2D eigenvalue weighted by atomic mass is 10.1. The van der Waals surface area contributed by atoms with E-state index in [0.29, 0.717) is 0 Å². The third kappa shape index (κ3) is 3.41. The van der Waals surface area contributed by atoms with Crippen molar-refractivity contribution in [1.29, 1.82) is 0 Å². The molecule has 0 spiro atoms. The molecule has 0 amide bonds. The molecule has 0 saturated heterocycles. The normalized spacial score (nSPS) is 10.8. The van der Waals surface area contributed by atoms with Gasteiger partial charge in [0.2, 0.25) is 0 Å². The standard InChI is InChI=1S/C13H16BrN3O/c1-18-7-5-15-9-11-2-3-12(14)8-13(11)17-6-4-16-10-17/h2-4,6,8,10,15H,5,7,9H2,1H3. The first-order chi connectivity index (χ1) is 8.81. The Morgan fingerprint density at radius 1 is 1.44 bits per heavy atom. The van der Waals surface area contributed by atoms with Gasteiger partial charge in [0, 0.05) is 37.1 Å². The van der Waals surface area contributed by atoms with Gasteiger partial charge in [-0.3, -0.25) is 0 Å². The van der Waals surface area contributed by atoms with Gasteiger partial charge in [-0.2, -0.15) is 0 Å². The fourth-order valence-corrected chi connectivity index (χ4v) is 2.07. The maximum absolute atomic E-state index is 5.02. The van der Waals surface area contributed by atoms with E-state index in [4.69, 9.17) is 4.74 Å². The van der Waals surface area contributed by atoms with E-state index in [1.165, 1.54) is 5.56 Å². The fourth-order valence-electron chi connectivity index (χ4n) is 1.73. The first-order valence-electron chi connectivity index (χ1n) is 5.77. The second kappa shape index (κ2) is 6.68. The lowest BCUT2D eigenvalue weighted by molar-refractivity contribution is 0.199. The quantitative estimate of drug-likeness (QED) is 0.833. The van der Waals surface area contributed by atoms with Crippen LogP contribution in [0.2, 0.25) is 0 Å². The SMILES string of the molecule is COCCNCc1ccc(Br)cc1-n1ccnc1. The summed E-state index contributed by atoms with van der Waals surface area (Å²) in [6, 6.07) is 6.25. The van der Waals surface area contributed by atoms with Crippen LogP contribution in [-0.4, -0.2) is 29.8 Å². The van der Waals surface area contributed by atoms with Crippen LogP contribution in [0.25, 0.3) is 5.69 Å². The predicted octanol–water partition coefficient (Wildman–Crippen LogP) is 2.37. The van der Waals surface area contributed by atoms with Crippen LogP contribution in [0.1, 0.15) is 5.56 Å². The smallest absolute Gasteiger partial charge is 0.0991 e. The van der Waals surface area contributed by atoms with Crippen molar-refractivity contribution in [3.8, 4) is 5.69 Å². The molecule has 0 aliphatic carbocycles. The first-order valence-corrected chi connectivity index (χ1v) is 6.57. The number of ether oxygens (including phenoxy) is 1. The maximum Gasteiger partial charge on any atom is 0.0991 e. The summed E-state index contributed by atoms with van der Waals surface area (Å²) >= 11 is 3.50. The van der Waals surface area contributed by atoms with Gasteiger partial charge in [-0.05, 0) is 17.7 Å². The van der Waals surface area contributed by atoms with E-state index in [0.717, 1.165) is 29.9 Å². The largest absolute Gasteiger partial charge is 0.383 e. The Morgan fingerprint density at radius 3 is 3.06 bits per heavy atom. The number of halogens is 1. The molecule has 18 heavy (non-hydrogen) atoms. The third-order valence-corrected chi connectivity index (χ3v) is 3.12. The van der Waals surface area contributed by atoms with E-state index in [9.17, 15) is 0 Å². The summed E-state index contributed by atoms with van der Waals surface area (Å²) < 4.78 is 8.09. The van der Waals surface area contributed by atoms with Crippen LogP contribution in [0.4, 0.5) is 0 Å². The topological polar surface area (TPSA) is 39.1 Å². The van der Waals surface area contributed by atoms with Crippen LogP contribution in [0.5, 0.6) is 0 Å². The van der Waals surface area contributed by atoms with Gasteiger partial charge in [0.05, 0.1) is 18.6 Å². The van der Waals surface area contributed by atoms with E-state index in [1.54, 1.807) is 19.6 Å². The Hall–Kier alpha value is -1.17. The number of hydrogen-bond acceptors (Lipinski definition) is 3. The molecule has 4 nitrogen and oxygen atoms in total. The van der Waals surface area contributed by atoms with Crippen LogP contribution in [0, 0.1) is 0 Å². The Morgan fingerprint density at radius 2 is 2.33 bits per heavy atom. The average molecular weight is 310 g/mol. The van der Waals surface area contributed by atoms with Gasteiger partial charge >= 0.3 is 0 Å². The zero-order valence-corrected chi connectivity index (χ0v) is 11.9. The van der Waals surface area contributed by atoms with Crippen LogP contribution < -0.4 is 5.32 Å². The van der Waals surface area contributed by atoms with Gasteiger partial charge < -0.3 is 14.6 Å². The number of methoxy groups -OCH3 is 1. The molecule has 2 aromatic rings. The van der Waals surface area contributed by atoms with Gasteiger partial charge in [-0.25, -0.2) is 4.98 Å². The molecule has 1 aromatic heterocycles. The molecule has 1 heterocycles. The van der Waals surface area contributed by atoms with Gasteiger partial charge in [0.15, 0.2) is 0 Å². The molecule has 0 aliphatic heterocycles. The summed E-state index contributed by atoms with van der Waals surface area (Å²) in [5, 5.41) is 3.35. The average Bonchev–Trinajstić information content (AvgIpc) is 2.90. The van der Waals surface area contributed by atoms with Crippen molar-refractivity contribution >= 4 is 15.9 Å². The molecule has 0 saturated carbocycles. The second-order valence-electron chi connectivity index (χ2n) is 3.91. The zero-order chi connectivity index (χ0) is 12.8. The van der Waals surface area contributed by atoms with E-state index in [1.807, 2.05) is 16.8 Å². The Balaban J connectivity index is 2.14. The molecular weight excluding hydrogens is 294 g/mol. The summed E-state index contributed by atoms with van der Waals surface area (Å²) in [7, 11) is 1.71. The van der Waals surface area contributed by atoms with Gasteiger partial charge in [0.25, 0.3) is 0 Å². The molecule has 5 heteroatoms. The minimum atomic E-state index is 0.719. The van der Waals surface area contributed by atoms with Crippen molar-refractivity contribution in [2.45, 2.75) is 6.54 Å². The van der Waals surface area contributed by atoms with Crippen LogP contribution in [0.15, 0.2) is 41.4 Å².